The average Bonchev–Trinajstić information content (AvgIpc) is 2.56. The number of hydrogen-bond donors (Lipinski definition) is 3. The second-order valence-corrected chi connectivity index (χ2v) is 5.13. The fourth-order valence-corrected chi connectivity index (χ4v) is 2.20. The predicted octanol–water partition coefficient (Wildman–Crippen LogP) is -1.44. The summed E-state index contributed by atoms with van der Waals surface area (Å²) in [4.78, 5) is 34.8. The Kier molecular flexibility index (Phi) is 6.01. The molecule has 1 aromatic rings. The summed E-state index contributed by atoms with van der Waals surface area (Å²) in [5.74, 6) is -1.52. The van der Waals surface area contributed by atoms with Crippen LogP contribution >= 0.6 is 0 Å². The molecule has 2 rings (SSSR count). The van der Waals surface area contributed by atoms with Crippen molar-refractivity contribution in [3.8, 4) is 0 Å². The Labute approximate surface area is 132 Å². The lowest BCUT2D eigenvalue weighted by molar-refractivity contribution is -0.906. The second kappa shape index (κ2) is 8.20. The summed E-state index contributed by atoms with van der Waals surface area (Å²) in [6.07, 6.45) is 0. The number of amides is 2. The van der Waals surface area contributed by atoms with Gasteiger partial charge in [-0.05, 0) is 12.1 Å². The van der Waals surface area contributed by atoms with Crippen LogP contribution in [-0.4, -0.2) is 56.1 Å². The number of hydrogen-bond acceptors (Lipinski definition) is 5. The summed E-state index contributed by atoms with van der Waals surface area (Å²) in [5.41, 5.74) is 0.246. The van der Waals surface area contributed by atoms with Crippen molar-refractivity contribution in [1.82, 2.24) is 5.32 Å². The molecule has 23 heavy (non-hydrogen) atoms. The zero-order valence-corrected chi connectivity index (χ0v) is 12.5. The standard InChI is InChI=1S/C14H18N4O5/c19-13(15-5-6-17-7-9-23-10-8-17)14(20)16-11-1-3-12(4-2-11)18(21)22/h1-4H,5-10H2,(H,15,19)(H,16,20)/p+1. The van der Waals surface area contributed by atoms with Gasteiger partial charge in [-0.3, -0.25) is 19.7 Å². The van der Waals surface area contributed by atoms with Crippen molar-refractivity contribution in [2.75, 3.05) is 44.7 Å². The minimum Gasteiger partial charge on any atom is -0.370 e. The predicted molar refractivity (Wildman–Crippen MR) is 81.1 cm³/mol. The van der Waals surface area contributed by atoms with E-state index in [-0.39, 0.29) is 5.69 Å². The number of carbonyl (C=O) groups excluding carboxylic acids is 2. The van der Waals surface area contributed by atoms with Crippen molar-refractivity contribution in [1.29, 1.82) is 0 Å². The molecule has 1 saturated heterocycles. The third kappa shape index (κ3) is 5.31. The van der Waals surface area contributed by atoms with Crippen molar-refractivity contribution in [2.24, 2.45) is 0 Å². The van der Waals surface area contributed by atoms with Gasteiger partial charge in [0.05, 0.1) is 31.2 Å². The Hall–Kier alpha value is -2.52. The summed E-state index contributed by atoms with van der Waals surface area (Å²) >= 11 is 0. The highest BCUT2D eigenvalue weighted by atomic mass is 16.6. The highest BCUT2D eigenvalue weighted by molar-refractivity contribution is 6.39. The number of quaternary nitrogens is 1. The number of carbonyl (C=O) groups is 2. The minimum atomic E-state index is -0.796. The lowest BCUT2D eigenvalue weighted by atomic mass is 10.3. The molecular formula is C14H19N4O5+. The molecule has 1 aliphatic heterocycles. The molecule has 0 saturated carbocycles. The molecule has 1 aliphatic rings. The number of nitro benzene ring substituents is 1. The maximum absolute atomic E-state index is 11.7. The second-order valence-electron chi connectivity index (χ2n) is 5.13. The zero-order chi connectivity index (χ0) is 16.7. The van der Waals surface area contributed by atoms with Crippen molar-refractivity contribution >= 4 is 23.2 Å². The zero-order valence-electron chi connectivity index (χ0n) is 12.5. The number of nitrogens with zero attached hydrogens (tertiary/aromatic N) is 1. The molecule has 1 heterocycles. The van der Waals surface area contributed by atoms with E-state index in [9.17, 15) is 19.7 Å². The van der Waals surface area contributed by atoms with Gasteiger partial charge in [-0.1, -0.05) is 0 Å². The van der Waals surface area contributed by atoms with Gasteiger partial charge in [0.2, 0.25) is 0 Å². The molecule has 124 valence electrons. The molecule has 0 aromatic heterocycles. The normalized spacial score (nSPS) is 15.0. The van der Waals surface area contributed by atoms with E-state index in [4.69, 9.17) is 4.74 Å². The van der Waals surface area contributed by atoms with Crippen LogP contribution in [0.25, 0.3) is 0 Å². The number of nitrogens with one attached hydrogen (secondary N) is 3. The number of anilines is 1. The van der Waals surface area contributed by atoms with Crippen LogP contribution in [0.3, 0.4) is 0 Å². The first kappa shape index (κ1) is 16.8. The van der Waals surface area contributed by atoms with E-state index in [1.165, 1.54) is 29.2 Å². The number of rotatable bonds is 5. The molecule has 0 atom stereocenters. The van der Waals surface area contributed by atoms with E-state index in [1.807, 2.05) is 0 Å². The van der Waals surface area contributed by atoms with E-state index in [1.54, 1.807) is 0 Å². The molecule has 2 amide bonds. The van der Waals surface area contributed by atoms with E-state index >= 15 is 0 Å². The summed E-state index contributed by atoms with van der Waals surface area (Å²) in [5, 5.41) is 15.5. The number of benzene rings is 1. The highest BCUT2D eigenvalue weighted by Crippen LogP contribution is 2.15. The fraction of sp³-hybridized carbons (Fsp3) is 0.429. The van der Waals surface area contributed by atoms with E-state index < -0.39 is 16.7 Å². The Morgan fingerprint density at radius 2 is 1.83 bits per heavy atom. The number of ether oxygens (including phenoxy) is 1. The highest BCUT2D eigenvalue weighted by Gasteiger charge is 2.17. The van der Waals surface area contributed by atoms with E-state index in [0.29, 0.717) is 25.4 Å². The molecule has 1 aromatic carbocycles. The number of non-ortho nitro benzene ring substituents is 1. The molecule has 9 nitrogen and oxygen atoms in total. The first-order chi connectivity index (χ1) is 11.1. The van der Waals surface area contributed by atoms with Crippen molar-refractivity contribution in [2.45, 2.75) is 0 Å². The van der Waals surface area contributed by atoms with Crippen LogP contribution in [0.5, 0.6) is 0 Å². The Morgan fingerprint density at radius 3 is 2.43 bits per heavy atom. The van der Waals surface area contributed by atoms with Crippen LogP contribution in [0.2, 0.25) is 0 Å². The maximum Gasteiger partial charge on any atom is 0.313 e. The third-order valence-corrected chi connectivity index (χ3v) is 3.51. The molecule has 1 fully saturated rings. The fourth-order valence-electron chi connectivity index (χ4n) is 2.20. The van der Waals surface area contributed by atoms with Crippen molar-refractivity contribution in [3.63, 3.8) is 0 Å². The van der Waals surface area contributed by atoms with Crippen molar-refractivity contribution in [3.05, 3.63) is 34.4 Å². The summed E-state index contributed by atoms with van der Waals surface area (Å²) in [7, 11) is 0. The lowest BCUT2D eigenvalue weighted by Crippen LogP contribution is -3.14. The quantitative estimate of drug-likeness (QED) is 0.349. The Bertz CT molecular complexity index is 569. The van der Waals surface area contributed by atoms with Crippen LogP contribution in [0.4, 0.5) is 11.4 Å². The van der Waals surface area contributed by atoms with Crippen LogP contribution < -0.4 is 15.5 Å². The van der Waals surface area contributed by atoms with Crippen LogP contribution in [0, 0.1) is 10.1 Å². The van der Waals surface area contributed by atoms with Gasteiger partial charge in [-0.15, -0.1) is 0 Å². The molecule has 0 aliphatic carbocycles. The van der Waals surface area contributed by atoms with Gasteiger partial charge in [-0.2, -0.15) is 0 Å². The molecule has 9 heteroatoms. The first-order valence-corrected chi connectivity index (χ1v) is 7.31. The number of morpholine rings is 1. The minimum absolute atomic E-state index is 0.0825. The summed E-state index contributed by atoms with van der Waals surface area (Å²) in [6.45, 7) is 4.35. The largest absolute Gasteiger partial charge is 0.370 e. The van der Waals surface area contributed by atoms with Crippen molar-refractivity contribution < 1.29 is 24.1 Å². The third-order valence-electron chi connectivity index (χ3n) is 3.51. The van der Waals surface area contributed by atoms with Gasteiger partial charge < -0.3 is 20.3 Å². The summed E-state index contributed by atoms with van der Waals surface area (Å²) < 4.78 is 5.24. The molecular weight excluding hydrogens is 304 g/mol. The average molecular weight is 323 g/mol. The molecule has 0 spiro atoms. The Balaban J connectivity index is 1.73. The van der Waals surface area contributed by atoms with Gasteiger partial charge in [0, 0.05) is 17.8 Å². The summed E-state index contributed by atoms with van der Waals surface area (Å²) in [6, 6.07) is 5.27. The molecule has 3 N–H and O–H groups in total. The van der Waals surface area contributed by atoms with Gasteiger partial charge in [0.25, 0.3) is 5.69 Å². The van der Waals surface area contributed by atoms with Gasteiger partial charge in [0.15, 0.2) is 0 Å². The SMILES string of the molecule is O=C(NCC[NH+]1CCOCC1)C(=O)Nc1ccc([N+](=O)[O-])cc1. The van der Waals surface area contributed by atoms with E-state index in [0.717, 1.165) is 19.6 Å². The Morgan fingerprint density at radius 1 is 1.17 bits per heavy atom. The van der Waals surface area contributed by atoms with E-state index in [2.05, 4.69) is 10.6 Å². The maximum atomic E-state index is 11.7. The van der Waals surface area contributed by atoms with Crippen LogP contribution in [-0.2, 0) is 14.3 Å². The first-order valence-electron chi connectivity index (χ1n) is 7.31. The van der Waals surface area contributed by atoms with Gasteiger partial charge in [0.1, 0.15) is 13.1 Å². The van der Waals surface area contributed by atoms with Gasteiger partial charge in [-0.25, -0.2) is 0 Å². The smallest absolute Gasteiger partial charge is 0.313 e. The molecule has 0 bridgehead atoms. The molecule has 0 radical (unpaired) electrons. The molecule has 0 unspecified atom stereocenters. The number of nitro groups is 1. The van der Waals surface area contributed by atoms with Gasteiger partial charge >= 0.3 is 11.8 Å². The topological polar surface area (TPSA) is 115 Å². The monoisotopic (exact) mass is 323 g/mol. The van der Waals surface area contributed by atoms with Crippen LogP contribution in [0.1, 0.15) is 0 Å². The lowest BCUT2D eigenvalue weighted by Gasteiger charge is -2.23. The van der Waals surface area contributed by atoms with Crippen LogP contribution in [0.15, 0.2) is 24.3 Å².